The summed E-state index contributed by atoms with van der Waals surface area (Å²) in [6.45, 7) is 2.51. The summed E-state index contributed by atoms with van der Waals surface area (Å²) in [4.78, 5) is 31.8. The van der Waals surface area contributed by atoms with E-state index in [0.717, 1.165) is 12.0 Å². The fraction of sp³-hybridized carbons (Fsp3) is 0.353. The van der Waals surface area contributed by atoms with E-state index in [2.05, 4.69) is 10.3 Å². The van der Waals surface area contributed by atoms with E-state index in [0.29, 0.717) is 18.0 Å². The lowest BCUT2D eigenvalue weighted by Crippen LogP contribution is -2.46. The number of carbonyl (C=O) groups excluding carboxylic acids is 2. The zero-order valence-corrected chi connectivity index (χ0v) is 14.0. The van der Waals surface area contributed by atoms with E-state index >= 15 is 0 Å². The number of carbonyl (C=O) groups is 2. The number of rotatable bonds is 2. The number of hydrogen-bond donors (Lipinski definition) is 1. The molecule has 0 saturated carbocycles. The average Bonchev–Trinajstić information content (AvgIpc) is 3.08. The third-order valence-electron chi connectivity index (χ3n) is 4.49. The molecule has 2 amide bonds. The minimum absolute atomic E-state index is 0.0173. The first-order chi connectivity index (χ1) is 11.6. The highest BCUT2D eigenvalue weighted by atomic mass is 32.1. The molecule has 2 aliphatic rings. The maximum absolute atomic E-state index is 13.1. The molecule has 4 rings (SSSR count). The standard InChI is InChI=1S/C17H17N3O3S/c1-10(16-11-4-7-24-14(11)3-6-23-16)17(22)20-9-15(21)19-12-8-18-5-2-13(12)20/h2,4-5,7-8,10,16H,3,6,9H2,1H3,(H,19,21). The molecule has 124 valence electrons. The largest absolute Gasteiger partial charge is 0.372 e. The monoisotopic (exact) mass is 343 g/mol. The van der Waals surface area contributed by atoms with Crippen LogP contribution in [-0.2, 0) is 20.7 Å². The molecule has 2 unspecified atom stereocenters. The van der Waals surface area contributed by atoms with E-state index in [-0.39, 0.29) is 30.4 Å². The van der Waals surface area contributed by atoms with Crippen LogP contribution in [0.25, 0.3) is 0 Å². The lowest BCUT2D eigenvalue weighted by molar-refractivity contribution is -0.129. The molecule has 24 heavy (non-hydrogen) atoms. The quantitative estimate of drug-likeness (QED) is 0.909. The highest BCUT2D eigenvalue weighted by molar-refractivity contribution is 7.10. The van der Waals surface area contributed by atoms with Crippen LogP contribution in [0.5, 0.6) is 0 Å². The van der Waals surface area contributed by atoms with Crippen LogP contribution in [0, 0.1) is 5.92 Å². The minimum Gasteiger partial charge on any atom is -0.372 e. The van der Waals surface area contributed by atoms with Gasteiger partial charge in [0.15, 0.2) is 0 Å². The molecule has 0 bridgehead atoms. The second-order valence-corrected chi connectivity index (χ2v) is 7.00. The van der Waals surface area contributed by atoms with Gasteiger partial charge in [-0.1, -0.05) is 6.92 Å². The first-order valence-electron chi connectivity index (χ1n) is 7.88. The third-order valence-corrected chi connectivity index (χ3v) is 5.48. The van der Waals surface area contributed by atoms with Gasteiger partial charge in [-0.3, -0.25) is 14.6 Å². The van der Waals surface area contributed by atoms with Crippen molar-refractivity contribution >= 4 is 34.5 Å². The molecule has 6 nitrogen and oxygen atoms in total. The topological polar surface area (TPSA) is 71.5 Å². The molecule has 0 fully saturated rings. The second kappa shape index (κ2) is 5.99. The van der Waals surface area contributed by atoms with Gasteiger partial charge in [0.05, 0.1) is 36.2 Å². The summed E-state index contributed by atoms with van der Waals surface area (Å²) < 4.78 is 5.90. The van der Waals surface area contributed by atoms with Crippen LogP contribution in [0.1, 0.15) is 23.5 Å². The summed E-state index contributed by atoms with van der Waals surface area (Å²) in [5, 5.41) is 4.79. The van der Waals surface area contributed by atoms with Crippen molar-refractivity contribution in [3.8, 4) is 0 Å². The number of amides is 2. The molecule has 0 saturated heterocycles. The third kappa shape index (κ3) is 2.50. The van der Waals surface area contributed by atoms with Crippen LogP contribution in [0.3, 0.4) is 0 Å². The van der Waals surface area contributed by atoms with Gasteiger partial charge in [0.2, 0.25) is 11.8 Å². The Morgan fingerprint density at radius 3 is 3.25 bits per heavy atom. The van der Waals surface area contributed by atoms with Crippen LogP contribution in [0.2, 0.25) is 0 Å². The summed E-state index contributed by atoms with van der Waals surface area (Å²) in [5.41, 5.74) is 2.35. The van der Waals surface area contributed by atoms with Crippen molar-refractivity contribution in [2.24, 2.45) is 5.92 Å². The van der Waals surface area contributed by atoms with E-state index in [9.17, 15) is 9.59 Å². The Hall–Kier alpha value is -2.25. The van der Waals surface area contributed by atoms with Crippen LogP contribution in [0.4, 0.5) is 11.4 Å². The smallest absolute Gasteiger partial charge is 0.244 e. The highest BCUT2D eigenvalue weighted by Crippen LogP contribution is 2.38. The lowest BCUT2D eigenvalue weighted by Gasteiger charge is -2.34. The summed E-state index contributed by atoms with van der Waals surface area (Å²) >= 11 is 1.71. The molecule has 0 aromatic carbocycles. The number of nitrogens with one attached hydrogen (secondary N) is 1. The van der Waals surface area contributed by atoms with Crippen molar-refractivity contribution in [2.75, 3.05) is 23.4 Å². The zero-order chi connectivity index (χ0) is 16.7. The zero-order valence-electron chi connectivity index (χ0n) is 13.2. The normalized spacial score (nSPS) is 20.8. The lowest BCUT2D eigenvalue weighted by atomic mass is 9.93. The van der Waals surface area contributed by atoms with Gasteiger partial charge in [-0.05, 0) is 23.1 Å². The Bertz CT molecular complexity index is 804. The fourth-order valence-electron chi connectivity index (χ4n) is 3.30. The number of ether oxygens (including phenoxy) is 1. The molecular weight excluding hydrogens is 326 g/mol. The van der Waals surface area contributed by atoms with E-state index in [1.807, 2.05) is 18.4 Å². The van der Waals surface area contributed by atoms with E-state index in [1.165, 1.54) is 9.78 Å². The molecule has 1 N–H and O–H groups in total. The number of aromatic nitrogens is 1. The van der Waals surface area contributed by atoms with Gasteiger partial charge in [0.1, 0.15) is 6.54 Å². The van der Waals surface area contributed by atoms with Crippen LogP contribution >= 0.6 is 11.3 Å². The fourth-order valence-corrected chi connectivity index (χ4v) is 4.20. The van der Waals surface area contributed by atoms with Gasteiger partial charge < -0.3 is 15.0 Å². The summed E-state index contributed by atoms with van der Waals surface area (Å²) in [7, 11) is 0. The van der Waals surface area contributed by atoms with Crippen molar-refractivity contribution in [3.63, 3.8) is 0 Å². The number of anilines is 2. The first-order valence-corrected chi connectivity index (χ1v) is 8.76. The maximum atomic E-state index is 13.1. The van der Waals surface area contributed by atoms with Crippen molar-refractivity contribution in [1.82, 2.24) is 4.98 Å². The molecule has 0 spiro atoms. The average molecular weight is 343 g/mol. The Kier molecular flexibility index (Phi) is 3.82. The molecular formula is C17H17N3O3S. The van der Waals surface area contributed by atoms with Gasteiger partial charge in [-0.25, -0.2) is 0 Å². The molecule has 7 heteroatoms. The minimum atomic E-state index is -0.370. The second-order valence-electron chi connectivity index (χ2n) is 5.99. The van der Waals surface area contributed by atoms with Crippen LogP contribution < -0.4 is 10.2 Å². The predicted molar refractivity (Wildman–Crippen MR) is 91.1 cm³/mol. The number of pyridine rings is 1. The Morgan fingerprint density at radius 2 is 2.38 bits per heavy atom. The molecule has 0 aliphatic carbocycles. The number of nitrogens with zero attached hydrogens (tertiary/aromatic N) is 2. The Morgan fingerprint density at radius 1 is 1.50 bits per heavy atom. The van der Waals surface area contributed by atoms with E-state index in [1.54, 1.807) is 29.8 Å². The SMILES string of the molecule is CC(C(=O)N1CC(=O)Nc2cnccc21)C1OCCc2sccc21. The highest BCUT2D eigenvalue weighted by Gasteiger charge is 2.36. The van der Waals surface area contributed by atoms with Crippen LogP contribution in [-0.4, -0.2) is 29.9 Å². The van der Waals surface area contributed by atoms with Gasteiger partial charge >= 0.3 is 0 Å². The van der Waals surface area contributed by atoms with Gasteiger partial charge in [-0.2, -0.15) is 0 Å². The van der Waals surface area contributed by atoms with Crippen molar-refractivity contribution in [3.05, 3.63) is 40.3 Å². The van der Waals surface area contributed by atoms with Crippen molar-refractivity contribution in [1.29, 1.82) is 0 Å². The number of fused-ring (bicyclic) bond motifs is 2. The van der Waals surface area contributed by atoms with E-state index < -0.39 is 0 Å². The Labute approximate surface area is 143 Å². The molecule has 2 aromatic rings. The summed E-state index contributed by atoms with van der Waals surface area (Å²) in [6, 6.07) is 3.78. The number of thiophene rings is 1. The van der Waals surface area contributed by atoms with Gasteiger partial charge in [-0.15, -0.1) is 11.3 Å². The molecule has 2 aromatic heterocycles. The maximum Gasteiger partial charge on any atom is 0.244 e. The number of hydrogen-bond acceptors (Lipinski definition) is 5. The van der Waals surface area contributed by atoms with Crippen molar-refractivity contribution in [2.45, 2.75) is 19.4 Å². The Balaban J connectivity index is 1.64. The molecule has 2 atom stereocenters. The van der Waals surface area contributed by atoms with Gasteiger partial charge in [0.25, 0.3) is 0 Å². The van der Waals surface area contributed by atoms with Crippen LogP contribution in [0.15, 0.2) is 29.9 Å². The summed E-state index contributed by atoms with van der Waals surface area (Å²) in [6.07, 6.45) is 3.81. The van der Waals surface area contributed by atoms with Crippen molar-refractivity contribution < 1.29 is 14.3 Å². The molecule has 4 heterocycles. The molecule has 0 radical (unpaired) electrons. The summed E-state index contributed by atoms with van der Waals surface area (Å²) in [5.74, 6) is -0.691. The first kappa shape index (κ1) is 15.3. The molecule has 2 aliphatic heterocycles. The van der Waals surface area contributed by atoms with E-state index in [4.69, 9.17) is 4.74 Å². The van der Waals surface area contributed by atoms with Gasteiger partial charge in [0, 0.05) is 17.5 Å². The predicted octanol–water partition coefficient (Wildman–Crippen LogP) is 2.38.